The summed E-state index contributed by atoms with van der Waals surface area (Å²) in [6.07, 6.45) is -7.73. The lowest BCUT2D eigenvalue weighted by Gasteiger charge is -2.21. The van der Waals surface area contributed by atoms with Gasteiger partial charge in [0.15, 0.2) is 23.1 Å². The first-order chi connectivity index (χ1) is 27.0. The van der Waals surface area contributed by atoms with Crippen LogP contribution < -0.4 is 10.6 Å². The Hall–Kier alpha value is -2.96. The average molecular weight is 875 g/mol. The topological polar surface area (TPSA) is 177 Å². The molecular formula is C42H68F6N2O10. The molecule has 4 heterocycles. The van der Waals surface area contributed by atoms with Gasteiger partial charge in [-0.1, -0.05) is 69.2 Å². The molecule has 8 atom stereocenters. The van der Waals surface area contributed by atoms with E-state index < -0.39 is 70.2 Å². The van der Waals surface area contributed by atoms with Crippen LogP contribution in [-0.2, 0) is 47.7 Å². The van der Waals surface area contributed by atoms with E-state index >= 15 is 0 Å². The molecular weight excluding hydrogens is 806 g/mol. The molecule has 0 bridgehead atoms. The number of amides is 2. The first-order valence-electron chi connectivity index (χ1n) is 20.5. The molecule has 0 aromatic heterocycles. The molecule has 0 radical (unpaired) electrons. The molecule has 2 amide bonds. The van der Waals surface area contributed by atoms with Gasteiger partial charge in [0.2, 0.25) is 0 Å². The molecule has 0 aliphatic carbocycles. The Labute approximate surface area is 350 Å². The minimum atomic E-state index is -4.99. The monoisotopic (exact) mass is 874 g/mol. The third-order valence-electron chi connectivity index (χ3n) is 10.1. The molecule has 4 aliphatic rings. The lowest BCUT2D eigenvalue weighted by Crippen LogP contribution is -2.50. The third-order valence-corrected chi connectivity index (χ3v) is 10.1. The molecule has 0 unspecified atom stereocenters. The predicted molar refractivity (Wildman–Crippen MR) is 210 cm³/mol. The van der Waals surface area contributed by atoms with E-state index in [4.69, 9.17) is 18.9 Å². The highest BCUT2D eigenvalue weighted by Crippen LogP contribution is 2.34. The summed E-state index contributed by atoms with van der Waals surface area (Å²) in [6.45, 7) is 28.0. The van der Waals surface area contributed by atoms with Crippen LogP contribution in [0.5, 0.6) is 0 Å². The van der Waals surface area contributed by atoms with Gasteiger partial charge in [0.25, 0.3) is 0 Å². The van der Waals surface area contributed by atoms with E-state index in [0.29, 0.717) is 25.0 Å². The number of Topliss-reactive ketones (excluding diaryl/α,β-unsaturated/α-hetero) is 4. The van der Waals surface area contributed by atoms with Crippen molar-refractivity contribution in [3.05, 3.63) is 0 Å². The highest BCUT2D eigenvalue weighted by Gasteiger charge is 2.53. The summed E-state index contributed by atoms with van der Waals surface area (Å²) in [7, 11) is 0. The third kappa shape index (κ3) is 18.6. The number of alkyl halides is 6. The van der Waals surface area contributed by atoms with Crippen LogP contribution in [0.4, 0.5) is 26.3 Å². The van der Waals surface area contributed by atoms with Crippen LogP contribution in [0.25, 0.3) is 0 Å². The summed E-state index contributed by atoms with van der Waals surface area (Å²) in [4.78, 5) is 68.9. The Morgan fingerprint density at radius 2 is 0.633 bits per heavy atom. The molecule has 18 heteroatoms. The number of nitrogens with one attached hydrogen (secondary N) is 2. The largest absolute Gasteiger partial charge is 0.471 e. The van der Waals surface area contributed by atoms with E-state index in [-0.39, 0.29) is 61.3 Å². The standard InChI is InChI=1S/2C11H16F3NO3.2C10H18O2/c2*1-6(2)4-7(8(16)10(3)5-18-10)15-9(17)11(12,13)14;2*1-7(2)5-8(3)9(11)10(4)6-12-10/h2*6-7H,4-5H2,1-3H3,(H,15,17);2*7-8H,5-6H2,1-4H3/t7-,10+;7-,10-;8-,10+;8-,10-/m0000/s1. The van der Waals surface area contributed by atoms with E-state index in [1.165, 1.54) is 13.8 Å². The van der Waals surface area contributed by atoms with Crippen LogP contribution in [0.2, 0.25) is 0 Å². The fourth-order valence-corrected chi connectivity index (χ4v) is 6.30. The number of epoxide rings is 4. The van der Waals surface area contributed by atoms with E-state index in [9.17, 15) is 55.1 Å². The minimum absolute atomic E-state index is 0.0187. The number of hydrogen-bond acceptors (Lipinski definition) is 10. The maximum absolute atomic E-state index is 12.2. The van der Waals surface area contributed by atoms with Crippen molar-refractivity contribution in [2.45, 2.75) is 169 Å². The van der Waals surface area contributed by atoms with E-state index in [0.717, 1.165) is 12.8 Å². The Morgan fingerprint density at radius 3 is 0.800 bits per heavy atom. The molecule has 12 nitrogen and oxygen atoms in total. The first kappa shape index (κ1) is 55.1. The van der Waals surface area contributed by atoms with Gasteiger partial charge < -0.3 is 29.6 Å². The Balaban J connectivity index is 0.000000407. The Morgan fingerprint density at radius 1 is 0.433 bits per heavy atom. The van der Waals surface area contributed by atoms with Gasteiger partial charge >= 0.3 is 24.2 Å². The van der Waals surface area contributed by atoms with Crippen molar-refractivity contribution in [1.82, 2.24) is 10.6 Å². The number of halogens is 6. The van der Waals surface area contributed by atoms with Gasteiger partial charge in [-0.3, -0.25) is 28.8 Å². The second kappa shape index (κ2) is 21.4. The van der Waals surface area contributed by atoms with Crippen molar-refractivity contribution >= 4 is 34.9 Å². The molecule has 0 aromatic carbocycles. The summed E-state index contributed by atoms with van der Waals surface area (Å²) in [6, 6.07) is -2.32. The van der Waals surface area contributed by atoms with Crippen molar-refractivity contribution < 1.29 is 74.1 Å². The fourth-order valence-electron chi connectivity index (χ4n) is 6.30. The van der Waals surface area contributed by atoms with E-state index in [1.54, 1.807) is 38.3 Å². The highest BCUT2D eigenvalue weighted by molar-refractivity contribution is 5.98. The van der Waals surface area contributed by atoms with Crippen LogP contribution in [0.3, 0.4) is 0 Å². The molecule has 2 N–H and O–H groups in total. The van der Waals surface area contributed by atoms with Crippen LogP contribution in [0, 0.1) is 35.5 Å². The Kier molecular flexibility index (Phi) is 19.6. The molecule has 0 aromatic rings. The van der Waals surface area contributed by atoms with Crippen LogP contribution in [-0.4, -0.2) is 108 Å². The number of carbonyl (C=O) groups is 6. The van der Waals surface area contributed by atoms with Crippen molar-refractivity contribution in [3.8, 4) is 0 Å². The fraction of sp³-hybridized carbons (Fsp3) is 0.857. The lowest BCUT2D eigenvalue weighted by atomic mass is 9.89. The quantitative estimate of drug-likeness (QED) is 0.109. The lowest BCUT2D eigenvalue weighted by molar-refractivity contribution is -0.175. The molecule has 348 valence electrons. The Bertz CT molecular complexity index is 1380. The number of hydrogen-bond donors (Lipinski definition) is 2. The number of rotatable bonds is 18. The number of carbonyl (C=O) groups excluding carboxylic acids is 6. The maximum atomic E-state index is 12.2. The van der Waals surface area contributed by atoms with E-state index in [1.807, 2.05) is 27.7 Å². The molecule has 4 rings (SSSR count). The molecule has 4 aliphatic heterocycles. The second-order valence-electron chi connectivity index (χ2n) is 18.9. The van der Waals surface area contributed by atoms with Crippen LogP contribution in [0.1, 0.15) is 123 Å². The second-order valence-corrected chi connectivity index (χ2v) is 18.9. The molecule has 60 heavy (non-hydrogen) atoms. The van der Waals surface area contributed by atoms with Gasteiger partial charge in [-0.15, -0.1) is 0 Å². The molecule has 0 saturated carbocycles. The van der Waals surface area contributed by atoms with Crippen molar-refractivity contribution in [3.63, 3.8) is 0 Å². The van der Waals surface area contributed by atoms with Crippen molar-refractivity contribution in [2.24, 2.45) is 35.5 Å². The van der Waals surface area contributed by atoms with Gasteiger partial charge in [-0.2, -0.15) is 26.3 Å². The normalized spacial score (nSPS) is 27.1. The zero-order valence-electron chi connectivity index (χ0n) is 37.6. The van der Waals surface area contributed by atoms with Gasteiger partial charge in [-0.25, -0.2) is 0 Å². The van der Waals surface area contributed by atoms with Crippen LogP contribution >= 0.6 is 0 Å². The number of ketones is 4. The summed E-state index contributed by atoms with van der Waals surface area (Å²) in [5, 5.41) is 3.48. The van der Waals surface area contributed by atoms with E-state index in [2.05, 4.69) is 27.7 Å². The average Bonchev–Trinajstić information content (AvgIpc) is 3.90. The first-order valence-corrected chi connectivity index (χ1v) is 20.5. The van der Waals surface area contributed by atoms with Gasteiger partial charge in [0, 0.05) is 11.8 Å². The summed E-state index contributed by atoms with van der Waals surface area (Å²) in [5.74, 6) is -3.20. The maximum Gasteiger partial charge on any atom is 0.471 e. The molecule has 4 saturated heterocycles. The summed E-state index contributed by atoms with van der Waals surface area (Å²) < 4.78 is 93.0. The van der Waals surface area contributed by atoms with Crippen molar-refractivity contribution in [2.75, 3.05) is 26.4 Å². The highest BCUT2D eigenvalue weighted by atomic mass is 19.4. The SMILES string of the molecule is CC(C)C[C@H](C)C(=O)[C@@]1(C)CO1.CC(C)C[C@H](C)C(=O)[C@]1(C)CO1.CC(C)C[C@H](NC(=O)C(F)(F)F)C(=O)[C@@]1(C)CO1.CC(C)C[C@H](NC(=O)C(F)(F)F)C(=O)[C@]1(C)CO1. The summed E-state index contributed by atoms with van der Waals surface area (Å²) in [5.41, 5.74) is -2.93. The van der Waals surface area contributed by atoms with Gasteiger partial charge in [0.1, 0.15) is 22.4 Å². The van der Waals surface area contributed by atoms with Crippen LogP contribution in [0.15, 0.2) is 0 Å². The molecule has 0 spiro atoms. The smallest absolute Gasteiger partial charge is 0.362 e. The van der Waals surface area contributed by atoms with Gasteiger partial charge in [0.05, 0.1) is 38.5 Å². The van der Waals surface area contributed by atoms with Gasteiger partial charge in [-0.05, 0) is 77.0 Å². The summed E-state index contributed by atoms with van der Waals surface area (Å²) >= 11 is 0. The predicted octanol–water partition coefficient (Wildman–Crippen LogP) is 6.93. The zero-order chi connectivity index (χ0) is 47.0. The number of ether oxygens (including phenoxy) is 4. The molecule has 4 fully saturated rings. The van der Waals surface area contributed by atoms with Crippen molar-refractivity contribution in [1.29, 1.82) is 0 Å². The minimum Gasteiger partial charge on any atom is -0.362 e. The zero-order valence-corrected chi connectivity index (χ0v) is 37.6.